The second kappa shape index (κ2) is 4.53. The molecule has 2 nitrogen and oxygen atoms in total. The zero-order valence-electron chi connectivity index (χ0n) is 11.9. The number of fused-ring (bicyclic) bond motifs is 1. The molecule has 1 aliphatic rings. The first-order valence-electron chi connectivity index (χ1n) is 6.90. The van der Waals surface area contributed by atoms with Crippen molar-refractivity contribution in [3.63, 3.8) is 0 Å². The van der Waals surface area contributed by atoms with Gasteiger partial charge in [-0.25, -0.2) is 0 Å². The Bertz CT molecular complexity index is 603. The first-order valence-corrected chi connectivity index (χ1v) is 6.90. The van der Waals surface area contributed by atoms with Crippen LogP contribution < -0.4 is 10.1 Å². The van der Waals surface area contributed by atoms with Crippen LogP contribution in [0, 0.1) is 5.41 Å². The number of rotatable bonds is 4. The van der Waals surface area contributed by atoms with Gasteiger partial charge >= 0.3 is 0 Å². The van der Waals surface area contributed by atoms with Crippen molar-refractivity contribution in [3.05, 3.63) is 42.0 Å². The lowest BCUT2D eigenvalue weighted by Crippen LogP contribution is -2.20. The quantitative estimate of drug-likeness (QED) is 0.898. The summed E-state index contributed by atoms with van der Waals surface area (Å²) in [6.07, 6.45) is 1.28. The number of ether oxygens (including phenoxy) is 1. The minimum atomic E-state index is 0.474. The van der Waals surface area contributed by atoms with Crippen molar-refractivity contribution in [2.24, 2.45) is 5.41 Å². The third kappa shape index (κ3) is 2.33. The molecule has 0 saturated heterocycles. The summed E-state index contributed by atoms with van der Waals surface area (Å²) in [4.78, 5) is 0. The summed E-state index contributed by atoms with van der Waals surface area (Å²) in [5.74, 6) is 0.950. The zero-order valence-corrected chi connectivity index (χ0v) is 11.9. The average molecular weight is 255 g/mol. The van der Waals surface area contributed by atoms with Crippen LogP contribution in [0.1, 0.15) is 25.8 Å². The van der Waals surface area contributed by atoms with Crippen LogP contribution in [0.5, 0.6) is 5.75 Å². The van der Waals surface area contributed by atoms with Gasteiger partial charge in [0.1, 0.15) is 5.75 Å². The molecule has 1 N–H and O–H groups in total. The molecular formula is C17H21NO. The van der Waals surface area contributed by atoms with E-state index in [1.54, 1.807) is 7.11 Å². The smallest absolute Gasteiger partial charge is 0.126 e. The molecule has 3 rings (SSSR count). The van der Waals surface area contributed by atoms with Gasteiger partial charge in [0, 0.05) is 18.0 Å². The van der Waals surface area contributed by atoms with Crippen LogP contribution in [-0.2, 0) is 6.54 Å². The average Bonchev–Trinajstić information content (AvgIpc) is 3.03. The van der Waals surface area contributed by atoms with E-state index < -0.39 is 0 Å². The molecule has 0 heterocycles. The van der Waals surface area contributed by atoms with Crippen molar-refractivity contribution in [1.82, 2.24) is 5.32 Å². The lowest BCUT2D eigenvalue weighted by atomic mass is 10.0. The second-order valence-corrected chi connectivity index (χ2v) is 6.10. The van der Waals surface area contributed by atoms with E-state index in [1.165, 1.54) is 22.8 Å². The Labute approximate surface area is 114 Å². The van der Waals surface area contributed by atoms with E-state index >= 15 is 0 Å². The predicted octanol–water partition coefficient (Wildman–Crippen LogP) is 3.74. The highest BCUT2D eigenvalue weighted by molar-refractivity contribution is 5.91. The molecule has 1 saturated carbocycles. The van der Waals surface area contributed by atoms with Gasteiger partial charge in [0.05, 0.1) is 7.11 Å². The molecule has 19 heavy (non-hydrogen) atoms. The molecule has 1 atom stereocenters. The van der Waals surface area contributed by atoms with Gasteiger partial charge in [0.15, 0.2) is 0 Å². The van der Waals surface area contributed by atoms with Crippen molar-refractivity contribution in [3.8, 4) is 5.75 Å². The molecule has 0 aliphatic heterocycles. The molecule has 1 unspecified atom stereocenters. The minimum absolute atomic E-state index is 0.474. The lowest BCUT2D eigenvalue weighted by molar-refractivity contribution is 0.419. The van der Waals surface area contributed by atoms with Crippen molar-refractivity contribution in [2.75, 3.05) is 7.11 Å². The third-order valence-corrected chi connectivity index (χ3v) is 4.25. The number of benzene rings is 2. The Morgan fingerprint density at radius 1 is 1.16 bits per heavy atom. The number of methoxy groups -OCH3 is 1. The molecule has 0 aromatic heterocycles. The first-order chi connectivity index (χ1) is 9.12. The first kappa shape index (κ1) is 12.5. The van der Waals surface area contributed by atoms with E-state index in [0.717, 1.165) is 12.3 Å². The van der Waals surface area contributed by atoms with Crippen molar-refractivity contribution < 1.29 is 4.74 Å². The highest BCUT2D eigenvalue weighted by Gasteiger charge is 2.44. The SMILES string of the molecule is COc1ccc(CNC2CC2(C)C)c2ccccc12. The fraction of sp³-hybridized carbons (Fsp3) is 0.412. The maximum Gasteiger partial charge on any atom is 0.126 e. The van der Waals surface area contributed by atoms with E-state index in [4.69, 9.17) is 4.74 Å². The molecule has 1 fully saturated rings. The van der Waals surface area contributed by atoms with Crippen LogP contribution in [0.15, 0.2) is 36.4 Å². The fourth-order valence-corrected chi connectivity index (χ4v) is 2.71. The van der Waals surface area contributed by atoms with Crippen molar-refractivity contribution >= 4 is 10.8 Å². The number of nitrogens with one attached hydrogen (secondary N) is 1. The summed E-state index contributed by atoms with van der Waals surface area (Å²) in [6.45, 7) is 5.56. The highest BCUT2D eigenvalue weighted by Crippen LogP contribution is 2.44. The van der Waals surface area contributed by atoms with E-state index in [0.29, 0.717) is 11.5 Å². The Morgan fingerprint density at radius 3 is 2.47 bits per heavy atom. The number of hydrogen-bond acceptors (Lipinski definition) is 2. The van der Waals surface area contributed by atoms with Gasteiger partial charge in [-0.15, -0.1) is 0 Å². The zero-order chi connectivity index (χ0) is 13.5. The predicted molar refractivity (Wildman–Crippen MR) is 79.5 cm³/mol. The summed E-state index contributed by atoms with van der Waals surface area (Å²) in [5, 5.41) is 6.13. The Hall–Kier alpha value is -1.54. The Balaban J connectivity index is 1.87. The fourth-order valence-electron chi connectivity index (χ4n) is 2.71. The molecule has 100 valence electrons. The van der Waals surface area contributed by atoms with E-state index in [9.17, 15) is 0 Å². The summed E-state index contributed by atoms with van der Waals surface area (Å²) >= 11 is 0. The van der Waals surface area contributed by atoms with Crippen LogP contribution in [0.2, 0.25) is 0 Å². The topological polar surface area (TPSA) is 21.3 Å². The van der Waals surface area contributed by atoms with Gasteiger partial charge in [0.25, 0.3) is 0 Å². The van der Waals surface area contributed by atoms with Gasteiger partial charge in [-0.1, -0.05) is 44.2 Å². The Morgan fingerprint density at radius 2 is 1.84 bits per heavy atom. The maximum atomic E-state index is 5.43. The molecule has 2 aromatic carbocycles. The van der Waals surface area contributed by atoms with Gasteiger partial charge in [-0.2, -0.15) is 0 Å². The summed E-state index contributed by atoms with van der Waals surface area (Å²) in [6, 6.07) is 13.3. The van der Waals surface area contributed by atoms with Gasteiger partial charge < -0.3 is 10.1 Å². The molecule has 0 amide bonds. The van der Waals surface area contributed by atoms with Crippen LogP contribution >= 0.6 is 0 Å². The third-order valence-electron chi connectivity index (χ3n) is 4.25. The molecule has 0 spiro atoms. The normalized spacial score (nSPS) is 20.5. The summed E-state index contributed by atoms with van der Waals surface area (Å²) in [5.41, 5.74) is 1.82. The molecular weight excluding hydrogens is 234 g/mol. The Kier molecular flexibility index (Phi) is 2.98. The molecule has 0 bridgehead atoms. The van der Waals surface area contributed by atoms with Crippen LogP contribution in [-0.4, -0.2) is 13.2 Å². The second-order valence-electron chi connectivity index (χ2n) is 6.10. The maximum absolute atomic E-state index is 5.43. The van der Waals surface area contributed by atoms with Crippen LogP contribution in [0.4, 0.5) is 0 Å². The standard InChI is InChI=1S/C17H21NO/c1-17(2)10-16(17)18-11-12-8-9-15(19-3)14-7-5-4-6-13(12)14/h4-9,16,18H,10-11H2,1-3H3. The number of hydrogen-bond donors (Lipinski definition) is 1. The molecule has 0 radical (unpaired) electrons. The lowest BCUT2D eigenvalue weighted by Gasteiger charge is -2.12. The van der Waals surface area contributed by atoms with E-state index in [-0.39, 0.29) is 0 Å². The largest absolute Gasteiger partial charge is 0.496 e. The van der Waals surface area contributed by atoms with Crippen LogP contribution in [0.25, 0.3) is 10.8 Å². The van der Waals surface area contributed by atoms with E-state index in [2.05, 4.69) is 55.6 Å². The van der Waals surface area contributed by atoms with Crippen molar-refractivity contribution in [2.45, 2.75) is 32.9 Å². The van der Waals surface area contributed by atoms with Crippen LogP contribution in [0.3, 0.4) is 0 Å². The minimum Gasteiger partial charge on any atom is -0.496 e. The molecule has 1 aliphatic carbocycles. The van der Waals surface area contributed by atoms with Gasteiger partial charge in [-0.05, 0) is 28.9 Å². The van der Waals surface area contributed by atoms with E-state index in [1.807, 2.05) is 0 Å². The molecule has 2 aromatic rings. The highest BCUT2D eigenvalue weighted by atomic mass is 16.5. The van der Waals surface area contributed by atoms with Gasteiger partial charge in [0.2, 0.25) is 0 Å². The monoisotopic (exact) mass is 255 g/mol. The summed E-state index contributed by atoms with van der Waals surface area (Å²) in [7, 11) is 1.73. The summed E-state index contributed by atoms with van der Waals surface area (Å²) < 4.78 is 5.43. The molecule has 2 heteroatoms. The van der Waals surface area contributed by atoms with Crippen molar-refractivity contribution in [1.29, 1.82) is 0 Å². The van der Waals surface area contributed by atoms with Gasteiger partial charge in [-0.3, -0.25) is 0 Å².